The summed E-state index contributed by atoms with van der Waals surface area (Å²) in [6.07, 6.45) is 1.51. The molecule has 1 N–H and O–H groups in total. The van der Waals surface area contributed by atoms with Crippen LogP contribution in [0, 0.1) is 11.6 Å². The Morgan fingerprint density at radius 3 is 2.59 bits per heavy atom. The van der Waals surface area contributed by atoms with Crippen molar-refractivity contribution < 1.29 is 13.5 Å². The molecule has 0 bridgehead atoms. The first-order valence-electron chi connectivity index (χ1n) is 5.57. The minimum absolute atomic E-state index is 0.0570. The Balaban J connectivity index is 2.42. The first kappa shape index (κ1) is 12.8. The summed E-state index contributed by atoms with van der Waals surface area (Å²) in [5.41, 5.74) is 0.180. The van der Waals surface area contributed by atoms with Crippen LogP contribution in [0.5, 0.6) is 5.75 Å². The summed E-state index contributed by atoms with van der Waals surface area (Å²) >= 11 is 3.11. The molecule has 0 amide bonds. The van der Waals surface area contributed by atoms with Gasteiger partial charge in [-0.3, -0.25) is 0 Å². The SMILES string of the molecule is COc1cc(F)c(C2CCNCC2)c(F)c1Br. The Bertz CT molecular complexity index is 419. The van der Waals surface area contributed by atoms with Crippen molar-refractivity contribution >= 4 is 15.9 Å². The third kappa shape index (κ3) is 2.45. The van der Waals surface area contributed by atoms with Crippen LogP contribution < -0.4 is 10.1 Å². The van der Waals surface area contributed by atoms with Gasteiger partial charge in [-0.15, -0.1) is 0 Å². The molecule has 0 radical (unpaired) electrons. The van der Waals surface area contributed by atoms with Gasteiger partial charge in [0.1, 0.15) is 17.4 Å². The van der Waals surface area contributed by atoms with Gasteiger partial charge in [-0.1, -0.05) is 0 Å². The van der Waals surface area contributed by atoms with Crippen molar-refractivity contribution in [3.63, 3.8) is 0 Å². The fourth-order valence-electron chi connectivity index (χ4n) is 2.22. The zero-order chi connectivity index (χ0) is 12.4. The fourth-order valence-corrected chi connectivity index (χ4v) is 2.71. The molecule has 5 heteroatoms. The Kier molecular flexibility index (Phi) is 3.99. The Morgan fingerprint density at radius 1 is 1.35 bits per heavy atom. The highest BCUT2D eigenvalue weighted by molar-refractivity contribution is 9.10. The summed E-state index contributed by atoms with van der Waals surface area (Å²) in [6.45, 7) is 1.60. The molecule has 1 aliphatic rings. The topological polar surface area (TPSA) is 21.3 Å². The monoisotopic (exact) mass is 305 g/mol. The highest BCUT2D eigenvalue weighted by Gasteiger charge is 2.25. The minimum atomic E-state index is -0.534. The molecule has 94 valence electrons. The van der Waals surface area contributed by atoms with E-state index in [1.165, 1.54) is 13.2 Å². The maximum absolute atomic E-state index is 14.1. The number of hydrogen-bond acceptors (Lipinski definition) is 2. The van der Waals surface area contributed by atoms with E-state index in [2.05, 4.69) is 21.2 Å². The molecule has 0 aromatic heterocycles. The molecule has 1 aromatic rings. The number of methoxy groups -OCH3 is 1. The number of rotatable bonds is 2. The molecule has 1 aromatic carbocycles. The lowest BCUT2D eigenvalue weighted by Gasteiger charge is -2.24. The van der Waals surface area contributed by atoms with Gasteiger partial charge in [0.05, 0.1) is 11.6 Å². The van der Waals surface area contributed by atoms with Gasteiger partial charge in [-0.05, 0) is 47.8 Å². The van der Waals surface area contributed by atoms with E-state index in [9.17, 15) is 8.78 Å². The number of piperidine rings is 1. The van der Waals surface area contributed by atoms with Crippen LogP contribution in [0.25, 0.3) is 0 Å². The van der Waals surface area contributed by atoms with E-state index in [-0.39, 0.29) is 21.7 Å². The molecule has 1 aliphatic heterocycles. The second-order valence-electron chi connectivity index (χ2n) is 4.13. The van der Waals surface area contributed by atoms with E-state index in [4.69, 9.17) is 4.74 Å². The van der Waals surface area contributed by atoms with E-state index >= 15 is 0 Å². The fraction of sp³-hybridized carbons (Fsp3) is 0.500. The van der Waals surface area contributed by atoms with Gasteiger partial charge in [0, 0.05) is 11.6 Å². The van der Waals surface area contributed by atoms with Gasteiger partial charge >= 0.3 is 0 Å². The molecule has 0 saturated carbocycles. The van der Waals surface area contributed by atoms with E-state index in [0.29, 0.717) is 0 Å². The second-order valence-corrected chi connectivity index (χ2v) is 4.92. The zero-order valence-corrected chi connectivity index (χ0v) is 11.1. The molecule has 0 aliphatic carbocycles. The van der Waals surface area contributed by atoms with Crippen molar-refractivity contribution in [3.05, 3.63) is 27.7 Å². The molecule has 1 heterocycles. The van der Waals surface area contributed by atoms with Crippen LogP contribution in [0.2, 0.25) is 0 Å². The second kappa shape index (κ2) is 5.31. The normalized spacial score (nSPS) is 17.2. The largest absolute Gasteiger partial charge is 0.495 e. The van der Waals surface area contributed by atoms with E-state index < -0.39 is 11.6 Å². The van der Waals surface area contributed by atoms with E-state index in [1.807, 2.05) is 0 Å². The summed E-state index contributed by atoms with van der Waals surface area (Å²) in [6, 6.07) is 1.24. The summed E-state index contributed by atoms with van der Waals surface area (Å²) < 4.78 is 33.1. The number of hydrogen-bond donors (Lipinski definition) is 1. The van der Waals surface area contributed by atoms with Crippen molar-refractivity contribution in [3.8, 4) is 5.75 Å². The first-order chi connectivity index (χ1) is 8.15. The van der Waals surface area contributed by atoms with Crippen LogP contribution >= 0.6 is 15.9 Å². The summed E-state index contributed by atoms with van der Waals surface area (Å²) in [4.78, 5) is 0. The van der Waals surface area contributed by atoms with Crippen molar-refractivity contribution in [2.75, 3.05) is 20.2 Å². The van der Waals surface area contributed by atoms with Crippen LogP contribution in [0.1, 0.15) is 24.3 Å². The van der Waals surface area contributed by atoms with Gasteiger partial charge in [0.25, 0.3) is 0 Å². The Labute approximate surface area is 107 Å². The molecule has 0 spiro atoms. The van der Waals surface area contributed by atoms with Crippen LogP contribution in [0.3, 0.4) is 0 Å². The number of benzene rings is 1. The number of halogens is 3. The minimum Gasteiger partial charge on any atom is -0.495 e. The molecule has 0 atom stereocenters. The van der Waals surface area contributed by atoms with Crippen molar-refractivity contribution in [1.29, 1.82) is 0 Å². The van der Waals surface area contributed by atoms with Crippen LogP contribution in [-0.2, 0) is 0 Å². The van der Waals surface area contributed by atoms with Crippen molar-refractivity contribution in [2.45, 2.75) is 18.8 Å². The lowest BCUT2D eigenvalue weighted by atomic mass is 9.89. The average Bonchev–Trinajstić information content (AvgIpc) is 2.35. The predicted molar refractivity (Wildman–Crippen MR) is 65.5 cm³/mol. The van der Waals surface area contributed by atoms with E-state index in [1.54, 1.807) is 0 Å². The van der Waals surface area contributed by atoms with Crippen LogP contribution in [0.15, 0.2) is 10.5 Å². The lowest BCUT2D eigenvalue weighted by Crippen LogP contribution is -2.27. The standard InChI is InChI=1S/C12H14BrF2NO/c1-17-9-6-8(14)10(12(15)11(9)13)7-2-4-16-5-3-7/h6-7,16H,2-5H2,1H3. The van der Waals surface area contributed by atoms with Gasteiger partial charge in [-0.25, -0.2) is 8.78 Å². The summed E-state index contributed by atoms with van der Waals surface area (Å²) in [5.74, 6) is -0.917. The lowest BCUT2D eigenvalue weighted by molar-refractivity contribution is 0.391. The van der Waals surface area contributed by atoms with Gasteiger partial charge < -0.3 is 10.1 Å². The smallest absolute Gasteiger partial charge is 0.147 e. The van der Waals surface area contributed by atoms with Gasteiger partial charge in [0.2, 0.25) is 0 Å². The molecular formula is C12H14BrF2NO. The quantitative estimate of drug-likeness (QED) is 0.847. The molecule has 2 nitrogen and oxygen atoms in total. The third-order valence-corrected chi connectivity index (χ3v) is 3.87. The molecule has 17 heavy (non-hydrogen) atoms. The van der Waals surface area contributed by atoms with E-state index in [0.717, 1.165) is 25.9 Å². The summed E-state index contributed by atoms with van der Waals surface area (Å²) in [5, 5.41) is 3.18. The molecule has 1 fully saturated rings. The zero-order valence-electron chi connectivity index (χ0n) is 9.53. The van der Waals surface area contributed by atoms with Crippen LogP contribution in [-0.4, -0.2) is 20.2 Å². The highest BCUT2D eigenvalue weighted by atomic mass is 79.9. The average molecular weight is 306 g/mol. The Morgan fingerprint density at radius 2 is 2.00 bits per heavy atom. The van der Waals surface area contributed by atoms with Crippen molar-refractivity contribution in [2.24, 2.45) is 0 Å². The molecule has 2 rings (SSSR count). The van der Waals surface area contributed by atoms with Gasteiger partial charge in [0.15, 0.2) is 0 Å². The Hall–Kier alpha value is -0.680. The molecule has 1 saturated heterocycles. The van der Waals surface area contributed by atoms with Crippen LogP contribution in [0.4, 0.5) is 8.78 Å². The molecular weight excluding hydrogens is 292 g/mol. The number of ether oxygens (including phenoxy) is 1. The third-order valence-electron chi connectivity index (χ3n) is 3.13. The van der Waals surface area contributed by atoms with Gasteiger partial charge in [-0.2, -0.15) is 0 Å². The highest BCUT2D eigenvalue weighted by Crippen LogP contribution is 2.37. The summed E-state index contributed by atoms with van der Waals surface area (Å²) in [7, 11) is 1.39. The van der Waals surface area contributed by atoms with Crippen molar-refractivity contribution in [1.82, 2.24) is 5.32 Å². The molecule has 0 unspecified atom stereocenters. The maximum Gasteiger partial charge on any atom is 0.147 e. The first-order valence-corrected chi connectivity index (χ1v) is 6.36. The maximum atomic E-state index is 14.1. The predicted octanol–water partition coefficient (Wildman–Crippen LogP) is 3.20. The number of nitrogens with one attached hydrogen (secondary N) is 1.